The van der Waals surface area contributed by atoms with Gasteiger partial charge in [0.2, 0.25) is 0 Å². The van der Waals surface area contributed by atoms with E-state index in [1.807, 2.05) is 11.7 Å². The molecule has 0 saturated heterocycles. The molecule has 1 N–H and O–H groups in total. The van der Waals surface area contributed by atoms with Crippen LogP contribution in [0.15, 0.2) is 17.1 Å². The minimum atomic E-state index is 0.297. The second-order valence-corrected chi connectivity index (χ2v) is 5.38. The molecule has 0 fully saturated rings. The Hall–Kier alpha value is -0.780. The van der Waals surface area contributed by atoms with E-state index in [4.69, 9.17) is 0 Å². The van der Waals surface area contributed by atoms with Crippen LogP contribution in [0.3, 0.4) is 0 Å². The minimum Gasteiger partial charge on any atom is -0.302 e. The molecule has 1 unspecified atom stereocenters. The highest BCUT2D eigenvalue weighted by atomic mass is 32.1. The van der Waals surface area contributed by atoms with Crippen LogP contribution in [-0.4, -0.2) is 9.97 Å². The van der Waals surface area contributed by atoms with E-state index >= 15 is 0 Å². The van der Waals surface area contributed by atoms with Gasteiger partial charge >= 0.3 is 0 Å². The number of aromatic nitrogens is 2. The summed E-state index contributed by atoms with van der Waals surface area (Å²) in [5, 5.41) is 6.61. The molecule has 2 heterocycles. The summed E-state index contributed by atoms with van der Waals surface area (Å²) < 4.78 is 0. The molecule has 5 heteroatoms. The van der Waals surface area contributed by atoms with Crippen LogP contribution in [0.4, 0.5) is 0 Å². The molecule has 0 aromatic carbocycles. The zero-order chi connectivity index (χ0) is 10.7. The summed E-state index contributed by atoms with van der Waals surface area (Å²) in [5.41, 5.74) is 2.95. The first-order chi connectivity index (χ1) is 7.25. The predicted octanol–water partition coefficient (Wildman–Crippen LogP) is 2.76. The Kier molecular flexibility index (Phi) is 3.45. The van der Waals surface area contributed by atoms with Crippen molar-refractivity contribution < 1.29 is 0 Å². The Balaban J connectivity index is 1.90. The van der Waals surface area contributed by atoms with Crippen LogP contribution in [-0.2, 0) is 6.54 Å². The summed E-state index contributed by atoms with van der Waals surface area (Å²) in [4.78, 5) is 9.84. The van der Waals surface area contributed by atoms with E-state index in [-0.39, 0.29) is 0 Å². The van der Waals surface area contributed by atoms with E-state index in [1.54, 1.807) is 22.7 Å². The summed E-state index contributed by atoms with van der Waals surface area (Å²) in [6.45, 7) is 5.02. The van der Waals surface area contributed by atoms with Crippen molar-refractivity contribution in [3.63, 3.8) is 0 Å². The highest BCUT2D eigenvalue weighted by molar-refractivity contribution is 7.11. The second-order valence-electron chi connectivity index (χ2n) is 3.39. The van der Waals surface area contributed by atoms with Gasteiger partial charge in [0.05, 0.1) is 17.2 Å². The van der Waals surface area contributed by atoms with Crippen molar-refractivity contribution in [1.82, 2.24) is 15.3 Å². The number of nitrogens with zero attached hydrogens (tertiary/aromatic N) is 2. The molecule has 0 aliphatic rings. The molecule has 0 radical (unpaired) electrons. The third-order valence-electron chi connectivity index (χ3n) is 2.08. The van der Waals surface area contributed by atoms with Gasteiger partial charge in [0.1, 0.15) is 5.01 Å². The lowest BCUT2D eigenvalue weighted by Gasteiger charge is -2.09. The molecule has 0 aliphatic carbocycles. The molecule has 0 aliphatic heterocycles. The van der Waals surface area contributed by atoms with Gasteiger partial charge in [0, 0.05) is 23.0 Å². The maximum atomic E-state index is 4.35. The molecule has 15 heavy (non-hydrogen) atoms. The number of hydrogen-bond donors (Lipinski definition) is 1. The molecule has 80 valence electrons. The van der Waals surface area contributed by atoms with Gasteiger partial charge in [-0.2, -0.15) is 0 Å². The Morgan fingerprint density at radius 1 is 1.47 bits per heavy atom. The van der Waals surface area contributed by atoms with E-state index in [2.05, 4.69) is 34.5 Å². The summed E-state index contributed by atoms with van der Waals surface area (Å²) >= 11 is 3.37. The van der Waals surface area contributed by atoms with Crippen LogP contribution >= 0.6 is 22.7 Å². The normalized spacial score (nSPS) is 12.9. The summed E-state index contributed by atoms with van der Waals surface area (Å²) in [7, 11) is 0. The third kappa shape index (κ3) is 2.84. The lowest BCUT2D eigenvalue weighted by molar-refractivity contribution is 0.566. The van der Waals surface area contributed by atoms with E-state index in [1.165, 1.54) is 4.88 Å². The number of rotatable bonds is 4. The van der Waals surface area contributed by atoms with Crippen molar-refractivity contribution in [3.8, 4) is 0 Å². The lowest BCUT2D eigenvalue weighted by Crippen LogP contribution is -2.17. The number of thiazole rings is 2. The van der Waals surface area contributed by atoms with Gasteiger partial charge in [-0.25, -0.2) is 9.97 Å². The van der Waals surface area contributed by atoms with Crippen LogP contribution in [0.25, 0.3) is 0 Å². The number of aryl methyl sites for hydroxylation is 1. The van der Waals surface area contributed by atoms with E-state index in [0.717, 1.165) is 17.2 Å². The molecule has 2 aromatic rings. The predicted molar refractivity (Wildman–Crippen MR) is 64.2 cm³/mol. The highest BCUT2D eigenvalue weighted by Gasteiger charge is 2.08. The van der Waals surface area contributed by atoms with E-state index in [9.17, 15) is 0 Å². The average Bonchev–Trinajstić information content (AvgIpc) is 2.84. The quantitative estimate of drug-likeness (QED) is 0.891. The molecule has 0 amide bonds. The van der Waals surface area contributed by atoms with Gasteiger partial charge in [-0.3, -0.25) is 0 Å². The van der Waals surface area contributed by atoms with E-state index < -0.39 is 0 Å². The number of nitrogens with one attached hydrogen (secondary N) is 1. The smallest absolute Gasteiger partial charge is 0.109 e. The molecular weight excluding hydrogens is 226 g/mol. The molecule has 3 nitrogen and oxygen atoms in total. The lowest BCUT2D eigenvalue weighted by atomic mass is 10.3. The van der Waals surface area contributed by atoms with Gasteiger partial charge in [0.25, 0.3) is 0 Å². The zero-order valence-corrected chi connectivity index (χ0v) is 10.4. The SMILES string of the molecule is Cc1cnc(C(C)NCc2cscn2)s1. The van der Waals surface area contributed by atoms with Gasteiger partial charge in [-0.1, -0.05) is 0 Å². The second kappa shape index (κ2) is 4.83. The van der Waals surface area contributed by atoms with Crippen LogP contribution in [0.1, 0.15) is 28.5 Å². The maximum Gasteiger partial charge on any atom is 0.109 e. The van der Waals surface area contributed by atoms with Gasteiger partial charge < -0.3 is 5.32 Å². The summed E-state index contributed by atoms with van der Waals surface area (Å²) in [5.74, 6) is 0. The average molecular weight is 239 g/mol. The van der Waals surface area contributed by atoms with Crippen molar-refractivity contribution >= 4 is 22.7 Å². The fourth-order valence-electron chi connectivity index (χ4n) is 1.24. The summed E-state index contributed by atoms with van der Waals surface area (Å²) in [6, 6.07) is 0.297. The van der Waals surface area contributed by atoms with Crippen LogP contribution < -0.4 is 5.32 Å². The van der Waals surface area contributed by atoms with Crippen LogP contribution in [0, 0.1) is 6.92 Å². The fraction of sp³-hybridized carbons (Fsp3) is 0.400. The molecule has 0 spiro atoms. The number of hydrogen-bond acceptors (Lipinski definition) is 5. The van der Waals surface area contributed by atoms with Crippen molar-refractivity contribution in [2.75, 3.05) is 0 Å². The van der Waals surface area contributed by atoms with Gasteiger partial charge in [-0.15, -0.1) is 22.7 Å². The Morgan fingerprint density at radius 3 is 2.93 bits per heavy atom. The largest absolute Gasteiger partial charge is 0.302 e. The topological polar surface area (TPSA) is 37.8 Å². The first kappa shape index (κ1) is 10.7. The van der Waals surface area contributed by atoms with E-state index in [0.29, 0.717) is 6.04 Å². The van der Waals surface area contributed by atoms with Crippen LogP contribution in [0.2, 0.25) is 0 Å². The van der Waals surface area contributed by atoms with Crippen molar-refractivity contribution in [2.24, 2.45) is 0 Å². The first-order valence-electron chi connectivity index (χ1n) is 4.78. The molecule has 2 rings (SSSR count). The zero-order valence-electron chi connectivity index (χ0n) is 8.73. The first-order valence-corrected chi connectivity index (χ1v) is 6.54. The molecule has 0 bridgehead atoms. The molecule has 2 aromatic heterocycles. The summed E-state index contributed by atoms with van der Waals surface area (Å²) in [6.07, 6.45) is 1.92. The van der Waals surface area contributed by atoms with Crippen molar-refractivity contribution in [2.45, 2.75) is 26.4 Å². The third-order valence-corrected chi connectivity index (χ3v) is 3.81. The molecule has 1 atom stereocenters. The Bertz CT molecular complexity index is 408. The van der Waals surface area contributed by atoms with Gasteiger partial charge in [0.15, 0.2) is 0 Å². The Labute approximate surface area is 97.2 Å². The monoisotopic (exact) mass is 239 g/mol. The maximum absolute atomic E-state index is 4.35. The molecule has 0 saturated carbocycles. The fourth-order valence-corrected chi connectivity index (χ4v) is 2.60. The Morgan fingerprint density at radius 2 is 2.33 bits per heavy atom. The molecular formula is C10H13N3S2. The van der Waals surface area contributed by atoms with Crippen molar-refractivity contribution in [1.29, 1.82) is 0 Å². The minimum absolute atomic E-state index is 0.297. The van der Waals surface area contributed by atoms with Gasteiger partial charge in [-0.05, 0) is 13.8 Å². The van der Waals surface area contributed by atoms with Crippen LogP contribution in [0.5, 0.6) is 0 Å². The van der Waals surface area contributed by atoms with Crippen molar-refractivity contribution in [3.05, 3.63) is 32.7 Å². The standard InChI is InChI=1S/C10H13N3S2/c1-7-3-12-10(15-7)8(2)11-4-9-5-14-6-13-9/h3,5-6,8,11H,4H2,1-2H3. The highest BCUT2D eigenvalue weighted by Crippen LogP contribution is 2.19.